The van der Waals surface area contributed by atoms with Gasteiger partial charge in [-0.25, -0.2) is 4.99 Å². The number of carbonyl (C=O) groups excluding carboxylic acids is 1. The zero-order chi connectivity index (χ0) is 32.2. The van der Waals surface area contributed by atoms with Gasteiger partial charge in [-0.05, 0) is 67.1 Å². The summed E-state index contributed by atoms with van der Waals surface area (Å²) in [5, 5.41) is 12.5. The molecule has 1 aliphatic heterocycles. The van der Waals surface area contributed by atoms with E-state index in [4.69, 9.17) is 14.5 Å². The van der Waals surface area contributed by atoms with Crippen molar-refractivity contribution in [1.82, 2.24) is 4.57 Å². The smallest absolute Gasteiger partial charge is 0.271 e. The molecule has 228 valence electrons. The van der Waals surface area contributed by atoms with Crippen LogP contribution in [-0.2, 0) is 11.4 Å². The average Bonchev–Trinajstić information content (AvgIpc) is 3.37. The van der Waals surface area contributed by atoms with Gasteiger partial charge in [0, 0.05) is 21.3 Å². The molecule has 0 bridgehead atoms. The van der Waals surface area contributed by atoms with Crippen LogP contribution in [0.25, 0.3) is 6.08 Å². The number of allylic oxidation sites excluding steroid dienone is 1. The number of anilines is 1. The Bertz CT molecular complexity index is 2220. The molecule has 1 N–H and O–H groups in total. The van der Waals surface area contributed by atoms with Crippen LogP contribution in [0.3, 0.4) is 0 Å². The number of rotatable bonds is 8. The Kier molecular flexibility index (Phi) is 8.97. The molecule has 1 aliphatic rings. The lowest BCUT2D eigenvalue weighted by atomic mass is 9.95. The van der Waals surface area contributed by atoms with Crippen molar-refractivity contribution >= 4 is 44.9 Å². The third-order valence-electron chi connectivity index (χ3n) is 7.49. The lowest BCUT2D eigenvalue weighted by Gasteiger charge is -2.25. The number of hydrogen-bond donors (Lipinski definition) is 1. The van der Waals surface area contributed by atoms with Gasteiger partial charge in [-0.15, -0.1) is 0 Å². The Balaban J connectivity index is 1.45. The summed E-state index contributed by atoms with van der Waals surface area (Å²) in [6.45, 7) is 1.96. The van der Waals surface area contributed by atoms with Crippen molar-refractivity contribution in [2.45, 2.75) is 19.6 Å². The third-order valence-corrected chi connectivity index (χ3v) is 8.96. The number of methoxy groups -OCH3 is 1. The predicted octanol–water partition coefficient (Wildman–Crippen LogP) is 6.10. The summed E-state index contributed by atoms with van der Waals surface area (Å²) in [6, 6.07) is 30.8. The van der Waals surface area contributed by atoms with E-state index in [-0.39, 0.29) is 18.1 Å². The number of aromatic nitrogens is 1. The third kappa shape index (κ3) is 6.29. The van der Waals surface area contributed by atoms with Gasteiger partial charge in [0.15, 0.2) is 4.80 Å². The fraction of sp³-hybridized carbons (Fsp3) is 0.111. The molecule has 8 nitrogen and oxygen atoms in total. The second-order valence-corrected chi connectivity index (χ2v) is 12.3. The number of hydrogen-bond acceptors (Lipinski definition) is 7. The van der Waals surface area contributed by atoms with Crippen LogP contribution in [0, 0.1) is 11.3 Å². The van der Waals surface area contributed by atoms with Gasteiger partial charge < -0.3 is 14.8 Å². The molecule has 0 spiro atoms. The van der Waals surface area contributed by atoms with Crippen LogP contribution >= 0.6 is 27.3 Å². The number of nitrogens with one attached hydrogen (secondary N) is 1. The minimum atomic E-state index is -0.752. The van der Waals surface area contributed by atoms with Gasteiger partial charge in [0.05, 0.1) is 40.6 Å². The molecule has 1 amide bonds. The second-order valence-electron chi connectivity index (χ2n) is 10.4. The van der Waals surface area contributed by atoms with Crippen molar-refractivity contribution in [3.05, 3.63) is 155 Å². The zero-order valence-electron chi connectivity index (χ0n) is 24.9. The van der Waals surface area contributed by atoms with Crippen LogP contribution in [0.5, 0.6) is 11.5 Å². The molecule has 2 heterocycles. The fourth-order valence-corrected chi connectivity index (χ4v) is 6.69. The highest BCUT2D eigenvalue weighted by Crippen LogP contribution is 2.32. The van der Waals surface area contributed by atoms with Gasteiger partial charge in [0.25, 0.3) is 11.5 Å². The Morgan fingerprint density at radius 2 is 1.85 bits per heavy atom. The minimum absolute atomic E-state index is 0.183. The number of carbonyl (C=O) groups is 1. The molecule has 0 unspecified atom stereocenters. The molecule has 10 heteroatoms. The highest BCUT2D eigenvalue weighted by Gasteiger charge is 2.33. The highest BCUT2D eigenvalue weighted by molar-refractivity contribution is 9.10. The first-order valence-corrected chi connectivity index (χ1v) is 15.9. The maximum Gasteiger partial charge on any atom is 0.271 e. The van der Waals surface area contributed by atoms with Gasteiger partial charge in [0.2, 0.25) is 0 Å². The van der Waals surface area contributed by atoms with Gasteiger partial charge in [-0.1, -0.05) is 75.8 Å². The summed E-state index contributed by atoms with van der Waals surface area (Å²) in [7, 11) is 1.57. The van der Waals surface area contributed by atoms with Crippen molar-refractivity contribution in [3.63, 3.8) is 0 Å². The van der Waals surface area contributed by atoms with Crippen molar-refractivity contribution in [1.29, 1.82) is 5.26 Å². The fourth-order valence-electron chi connectivity index (χ4n) is 5.27. The molecule has 1 aromatic heterocycles. The Hall–Kier alpha value is -5.24. The number of benzene rings is 4. The number of halogens is 1. The normalized spacial score (nSPS) is 14.2. The first-order valence-electron chi connectivity index (χ1n) is 14.3. The predicted molar refractivity (Wildman–Crippen MR) is 181 cm³/mol. The zero-order valence-corrected chi connectivity index (χ0v) is 27.3. The van der Waals surface area contributed by atoms with Crippen LogP contribution in [0.1, 0.15) is 35.2 Å². The lowest BCUT2D eigenvalue weighted by molar-refractivity contribution is -0.113. The van der Waals surface area contributed by atoms with Crippen LogP contribution < -0.4 is 29.7 Å². The molecule has 46 heavy (non-hydrogen) atoms. The molecule has 1 atom stereocenters. The number of amides is 1. The van der Waals surface area contributed by atoms with Gasteiger partial charge in [-0.3, -0.25) is 14.2 Å². The van der Waals surface area contributed by atoms with E-state index in [1.165, 1.54) is 11.3 Å². The molecule has 5 aromatic rings. The lowest BCUT2D eigenvalue weighted by Crippen LogP contribution is -2.40. The van der Waals surface area contributed by atoms with Crippen LogP contribution in [0.2, 0.25) is 0 Å². The van der Waals surface area contributed by atoms with Crippen molar-refractivity contribution < 1.29 is 14.3 Å². The first-order chi connectivity index (χ1) is 22.4. The number of nitrogens with zero attached hydrogens (tertiary/aromatic N) is 3. The molecule has 6 rings (SSSR count). The van der Waals surface area contributed by atoms with E-state index in [9.17, 15) is 14.9 Å². The monoisotopic (exact) mass is 690 g/mol. The largest absolute Gasteiger partial charge is 0.497 e. The van der Waals surface area contributed by atoms with Crippen molar-refractivity contribution in [3.8, 4) is 17.6 Å². The second kappa shape index (κ2) is 13.4. The quantitative estimate of drug-likeness (QED) is 0.212. The van der Waals surface area contributed by atoms with Crippen molar-refractivity contribution in [2.24, 2.45) is 4.99 Å². The standard InChI is InChI=1S/C36H27BrN4O4S/c1-22-32(34(42)40-28-12-4-3-5-13-28)33(23-11-8-14-29(18-23)44-2)41-35(43)31(46-36(41)39-22)19-26-17-27(37)15-16-30(26)45-21-25-10-7-6-9-24(25)20-38/h3-19,33H,21H2,1-2H3,(H,40,42)/b31-19-/t33-/m0/s1. The average molecular weight is 692 g/mol. The number of thiazole rings is 1. The molecule has 4 aromatic carbocycles. The van der Waals surface area contributed by atoms with E-state index in [2.05, 4.69) is 27.3 Å². The van der Waals surface area contributed by atoms with Crippen LogP contribution in [0.4, 0.5) is 5.69 Å². The van der Waals surface area contributed by atoms with Gasteiger partial charge >= 0.3 is 0 Å². The molecule has 0 saturated carbocycles. The maximum absolute atomic E-state index is 14.3. The maximum atomic E-state index is 14.3. The van der Waals surface area contributed by atoms with Crippen LogP contribution in [-0.4, -0.2) is 17.6 Å². The molecular weight excluding hydrogens is 664 g/mol. The van der Waals surface area contributed by atoms with E-state index in [0.717, 1.165) is 10.0 Å². The van der Waals surface area contributed by atoms with E-state index in [1.54, 1.807) is 42.9 Å². The van der Waals surface area contributed by atoms with Gasteiger partial charge in [-0.2, -0.15) is 5.26 Å². The van der Waals surface area contributed by atoms with E-state index < -0.39 is 6.04 Å². The SMILES string of the molecule is COc1cccc([C@H]2C(C(=O)Nc3ccccc3)=C(C)N=c3s/c(=C\c4cc(Br)ccc4OCc4ccccc4C#N)c(=O)n32)c1. The summed E-state index contributed by atoms with van der Waals surface area (Å²) in [5.41, 5.74) is 3.88. The number of fused-ring (bicyclic) bond motifs is 1. The number of nitriles is 1. The number of para-hydroxylation sites is 1. The summed E-state index contributed by atoms with van der Waals surface area (Å²) >= 11 is 4.78. The van der Waals surface area contributed by atoms with Crippen LogP contribution in [0.15, 0.2) is 123 Å². The first kappa shape index (κ1) is 30.8. The molecular formula is C36H27BrN4O4S. The summed E-state index contributed by atoms with van der Waals surface area (Å²) in [6.07, 6.45) is 1.77. The van der Waals surface area contributed by atoms with E-state index in [0.29, 0.717) is 54.5 Å². The number of ether oxygens (including phenoxy) is 2. The molecule has 0 saturated heterocycles. The van der Waals surface area contributed by atoms with E-state index in [1.807, 2.05) is 78.9 Å². The Morgan fingerprint density at radius 3 is 2.63 bits per heavy atom. The molecule has 0 aliphatic carbocycles. The summed E-state index contributed by atoms with van der Waals surface area (Å²) in [4.78, 5) is 33.3. The Labute approximate surface area is 277 Å². The molecule has 0 fully saturated rings. The summed E-state index contributed by atoms with van der Waals surface area (Å²) < 4.78 is 14.5. The Morgan fingerprint density at radius 1 is 1.07 bits per heavy atom. The summed E-state index contributed by atoms with van der Waals surface area (Å²) in [5.74, 6) is 0.797. The highest BCUT2D eigenvalue weighted by atomic mass is 79.9. The topological polar surface area (TPSA) is 106 Å². The minimum Gasteiger partial charge on any atom is -0.497 e. The van der Waals surface area contributed by atoms with Gasteiger partial charge in [0.1, 0.15) is 18.1 Å². The van der Waals surface area contributed by atoms with Crippen molar-refractivity contribution in [2.75, 3.05) is 12.4 Å². The molecule has 0 radical (unpaired) electrons. The van der Waals surface area contributed by atoms with E-state index >= 15 is 0 Å².